The average Bonchev–Trinajstić information content (AvgIpc) is 2.35. The minimum atomic E-state index is -0.376. The maximum atomic E-state index is 11.5. The second kappa shape index (κ2) is 6.64. The lowest BCUT2D eigenvalue weighted by molar-refractivity contribution is -0.128. The van der Waals surface area contributed by atoms with E-state index < -0.39 is 0 Å². The third-order valence-corrected chi connectivity index (χ3v) is 2.58. The first-order valence-corrected chi connectivity index (χ1v) is 5.88. The molecule has 98 valence electrons. The van der Waals surface area contributed by atoms with Gasteiger partial charge in [0.15, 0.2) is 0 Å². The van der Waals surface area contributed by atoms with E-state index in [1.165, 1.54) is 0 Å². The Balaban J connectivity index is 2.41. The zero-order chi connectivity index (χ0) is 13.5. The summed E-state index contributed by atoms with van der Waals surface area (Å²) in [4.78, 5) is 24.6. The first kappa shape index (κ1) is 14.0. The summed E-state index contributed by atoms with van der Waals surface area (Å²) in [6.07, 6.45) is 0. The van der Waals surface area contributed by atoms with Crippen LogP contribution >= 0.6 is 0 Å². The summed E-state index contributed by atoms with van der Waals surface area (Å²) < 4.78 is 0. The zero-order valence-electron chi connectivity index (χ0n) is 11.0. The highest BCUT2D eigenvalue weighted by Gasteiger charge is 2.08. The highest BCUT2D eigenvalue weighted by molar-refractivity contribution is 5.92. The third kappa shape index (κ3) is 4.45. The smallest absolute Gasteiger partial charge is 0.319 e. The highest BCUT2D eigenvalue weighted by Crippen LogP contribution is 2.08. The van der Waals surface area contributed by atoms with Crippen molar-refractivity contribution in [2.75, 3.05) is 25.5 Å². The van der Waals surface area contributed by atoms with Crippen LogP contribution in [0, 0.1) is 6.92 Å². The number of hydrogen-bond acceptors (Lipinski definition) is 2. The maximum absolute atomic E-state index is 11.5. The molecule has 2 N–H and O–H groups in total. The van der Waals surface area contributed by atoms with Crippen molar-refractivity contribution in [1.82, 2.24) is 10.2 Å². The molecular formula is C13H19N3O2. The molecule has 3 amide bonds. The summed E-state index contributed by atoms with van der Waals surface area (Å²) in [6.45, 7) is 4.45. The van der Waals surface area contributed by atoms with Crippen LogP contribution in [0.25, 0.3) is 0 Å². The number of nitrogens with one attached hydrogen (secondary N) is 2. The molecule has 0 radical (unpaired) electrons. The van der Waals surface area contributed by atoms with Gasteiger partial charge in [0.2, 0.25) is 5.91 Å². The summed E-state index contributed by atoms with van der Waals surface area (Å²) in [5, 5.41) is 5.20. The molecule has 0 saturated carbocycles. The molecule has 0 saturated heterocycles. The molecule has 0 aliphatic carbocycles. The van der Waals surface area contributed by atoms with E-state index in [-0.39, 0.29) is 18.5 Å². The number of rotatable bonds is 4. The quantitative estimate of drug-likeness (QED) is 0.851. The van der Waals surface area contributed by atoms with Gasteiger partial charge in [0.1, 0.15) is 0 Å². The molecule has 5 heteroatoms. The van der Waals surface area contributed by atoms with Gasteiger partial charge in [0.05, 0.1) is 6.54 Å². The van der Waals surface area contributed by atoms with Gasteiger partial charge in [-0.15, -0.1) is 0 Å². The van der Waals surface area contributed by atoms with Gasteiger partial charge in [-0.3, -0.25) is 4.79 Å². The number of carbonyl (C=O) groups excluding carboxylic acids is 2. The fraction of sp³-hybridized carbons (Fsp3) is 0.385. The predicted octanol–water partition coefficient (Wildman–Crippen LogP) is 1.59. The number of benzene rings is 1. The fourth-order valence-corrected chi connectivity index (χ4v) is 1.37. The van der Waals surface area contributed by atoms with E-state index in [2.05, 4.69) is 10.6 Å². The summed E-state index contributed by atoms with van der Waals surface area (Å²) in [5.74, 6) is -0.114. The second-order valence-electron chi connectivity index (χ2n) is 4.09. The van der Waals surface area contributed by atoms with E-state index in [9.17, 15) is 9.59 Å². The molecule has 18 heavy (non-hydrogen) atoms. The van der Waals surface area contributed by atoms with Crippen molar-refractivity contribution in [1.29, 1.82) is 0 Å². The van der Waals surface area contributed by atoms with Crippen LogP contribution in [0.1, 0.15) is 12.5 Å². The first-order valence-electron chi connectivity index (χ1n) is 5.88. The fourth-order valence-electron chi connectivity index (χ4n) is 1.37. The molecule has 0 aliphatic heterocycles. The molecule has 0 bridgehead atoms. The van der Waals surface area contributed by atoms with Gasteiger partial charge in [-0.2, -0.15) is 0 Å². The van der Waals surface area contributed by atoms with Crippen LogP contribution < -0.4 is 10.6 Å². The van der Waals surface area contributed by atoms with Crippen LogP contribution in [0.4, 0.5) is 10.5 Å². The predicted molar refractivity (Wildman–Crippen MR) is 71.5 cm³/mol. The lowest BCUT2D eigenvalue weighted by atomic mass is 10.2. The van der Waals surface area contributed by atoms with Gasteiger partial charge in [0.25, 0.3) is 0 Å². The van der Waals surface area contributed by atoms with Gasteiger partial charge in [-0.1, -0.05) is 12.1 Å². The van der Waals surface area contributed by atoms with Crippen LogP contribution in [0.5, 0.6) is 0 Å². The van der Waals surface area contributed by atoms with Crippen LogP contribution in [0.3, 0.4) is 0 Å². The average molecular weight is 249 g/mol. The molecule has 1 rings (SSSR count). The van der Waals surface area contributed by atoms with Crippen molar-refractivity contribution in [2.45, 2.75) is 13.8 Å². The van der Waals surface area contributed by atoms with Gasteiger partial charge in [0, 0.05) is 19.3 Å². The van der Waals surface area contributed by atoms with E-state index in [4.69, 9.17) is 0 Å². The van der Waals surface area contributed by atoms with Gasteiger partial charge < -0.3 is 15.5 Å². The van der Waals surface area contributed by atoms with Gasteiger partial charge in [-0.25, -0.2) is 4.79 Å². The number of carbonyl (C=O) groups is 2. The molecule has 0 unspecified atom stereocenters. The number of urea groups is 1. The van der Waals surface area contributed by atoms with E-state index >= 15 is 0 Å². The maximum Gasteiger partial charge on any atom is 0.319 e. The van der Waals surface area contributed by atoms with Crippen LogP contribution in [-0.4, -0.2) is 37.0 Å². The third-order valence-electron chi connectivity index (χ3n) is 2.58. The lowest BCUT2D eigenvalue weighted by Crippen LogP contribution is -2.39. The summed E-state index contributed by atoms with van der Waals surface area (Å²) in [7, 11) is 1.70. The van der Waals surface area contributed by atoms with Gasteiger partial charge >= 0.3 is 6.03 Å². The van der Waals surface area contributed by atoms with Crippen molar-refractivity contribution in [3.63, 3.8) is 0 Å². The van der Waals surface area contributed by atoms with Crippen molar-refractivity contribution in [3.8, 4) is 0 Å². The molecule has 0 aromatic heterocycles. The Morgan fingerprint density at radius 3 is 2.67 bits per heavy atom. The molecular weight excluding hydrogens is 230 g/mol. The molecule has 0 atom stereocenters. The molecule has 5 nitrogen and oxygen atoms in total. The normalized spacial score (nSPS) is 9.72. The molecule has 1 aromatic carbocycles. The Morgan fingerprint density at radius 2 is 2.06 bits per heavy atom. The topological polar surface area (TPSA) is 61.4 Å². The SMILES string of the molecule is CCN(C)C(=O)CNC(=O)Nc1cccc(C)c1. The summed E-state index contributed by atoms with van der Waals surface area (Å²) in [5.41, 5.74) is 1.78. The molecule has 0 aliphatic rings. The number of likely N-dealkylation sites (N-methyl/N-ethyl adjacent to an activating group) is 1. The molecule has 0 heterocycles. The highest BCUT2D eigenvalue weighted by atomic mass is 16.2. The molecule has 0 spiro atoms. The second-order valence-corrected chi connectivity index (χ2v) is 4.09. The van der Waals surface area contributed by atoms with Crippen LogP contribution in [0.2, 0.25) is 0 Å². The Bertz CT molecular complexity index is 432. The van der Waals surface area contributed by atoms with Crippen LogP contribution in [0.15, 0.2) is 24.3 Å². The Hall–Kier alpha value is -2.04. The van der Waals surface area contributed by atoms with Crippen molar-refractivity contribution in [3.05, 3.63) is 29.8 Å². The number of amides is 3. The van der Waals surface area contributed by atoms with E-state index in [1.807, 2.05) is 32.0 Å². The Labute approximate surface area is 107 Å². The lowest BCUT2D eigenvalue weighted by Gasteiger charge is -2.15. The number of aryl methyl sites for hydroxylation is 1. The minimum absolute atomic E-state index is 0.00197. The van der Waals surface area contributed by atoms with Crippen LogP contribution in [-0.2, 0) is 4.79 Å². The first-order chi connectivity index (χ1) is 8.52. The van der Waals surface area contributed by atoms with Gasteiger partial charge in [-0.05, 0) is 31.5 Å². The monoisotopic (exact) mass is 249 g/mol. The largest absolute Gasteiger partial charge is 0.345 e. The minimum Gasteiger partial charge on any atom is -0.345 e. The van der Waals surface area contributed by atoms with Crippen molar-refractivity contribution < 1.29 is 9.59 Å². The summed E-state index contributed by atoms with van der Waals surface area (Å²) in [6, 6.07) is 7.09. The summed E-state index contributed by atoms with van der Waals surface area (Å²) >= 11 is 0. The van der Waals surface area contributed by atoms with E-state index in [0.717, 1.165) is 5.56 Å². The number of hydrogen-bond donors (Lipinski definition) is 2. The zero-order valence-corrected chi connectivity index (χ0v) is 11.0. The van der Waals surface area contributed by atoms with Crippen molar-refractivity contribution >= 4 is 17.6 Å². The van der Waals surface area contributed by atoms with E-state index in [0.29, 0.717) is 12.2 Å². The standard InChI is InChI=1S/C13H19N3O2/c1-4-16(3)12(17)9-14-13(18)15-11-7-5-6-10(2)8-11/h5-8H,4,9H2,1-3H3,(H2,14,15,18). The molecule has 1 aromatic rings. The van der Waals surface area contributed by atoms with E-state index in [1.54, 1.807) is 18.0 Å². The van der Waals surface area contributed by atoms with Crippen molar-refractivity contribution in [2.24, 2.45) is 0 Å². The number of anilines is 1. The Morgan fingerprint density at radius 1 is 1.33 bits per heavy atom. The Kier molecular flexibility index (Phi) is 5.17. The number of nitrogens with zero attached hydrogens (tertiary/aromatic N) is 1. The molecule has 0 fully saturated rings.